The smallest absolute Gasteiger partial charge is 0.315 e. The molecular formula is C28H30FNO6. The van der Waals surface area contributed by atoms with Crippen molar-refractivity contribution in [1.29, 1.82) is 0 Å². The molecule has 0 saturated carbocycles. The largest absolute Gasteiger partial charge is 0.493 e. The van der Waals surface area contributed by atoms with Gasteiger partial charge in [0.2, 0.25) is 0 Å². The monoisotopic (exact) mass is 495 g/mol. The Balaban J connectivity index is 1.73. The summed E-state index contributed by atoms with van der Waals surface area (Å²) in [4.78, 5) is 31.5. The molecule has 190 valence electrons. The van der Waals surface area contributed by atoms with Crippen molar-refractivity contribution in [1.82, 2.24) is 0 Å². The molecule has 36 heavy (non-hydrogen) atoms. The van der Waals surface area contributed by atoms with Gasteiger partial charge in [0.05, 0.1) is 20.8 Å². The van der Waals surface area contributed by atoms with E-state index >= 15 is 0 Å². The second-order valence-corrected chi connectivity index (χ2v) is 8.92. The molecule has 1 aliphatic heterocycles. The Labute approximate surface area is 209 Å². The maximum Gasteiger partial charge on any atom is 0.315 e. The number of allylic oxidation sites excluding steroid dienone is 2. The van der Waals surface area contributed by atoms with Gasteiger partial charge < -0.3 is 18.9 Å². The molecule has 0 bridgehead atoms. The Morgan fingerprint density at radius 3 is 2.33 bits per heavy atom. The Morgan fingerprint density at radius 1 is 0.972 bits per heavy atom. The summed E-state index contributed by atoms with van der Waals surface area (Å²) in [5.74, 6) is -1.25. The molecule has 0 aromatic heterocycles. The normalized spacial score (nSPS) is 21.5. The van der Waals surface area contributed by atoms with Gasteiger partial charge in [-0.15, -0.1) is 0 Å². The van der Waals surface area contributed by atoms with E-state index in [0.29, 0.717) is 40.5 Å². The second-order valence-electron chi connectivity index (χ2n) is 8.92. The minimum atomic E-state index is -0.785. The summed E-state index contributed by atoms with van der Waals surface area (Å²) in [5.41, 5.74) is 3.33. The van der Waals surface area contributed by atoms with Gasteiger partial charge >= 0.3 is 5.97 Å². The van der Waals surface area contributed by atoms with Crippen molar-refractivity contribution in [3.05, 3.63) is 70.7 Å². The van der Waals surface area contributed by atoms with Crippen LogP contribution in [0.5, 0.6) is 11.5 Å². The van der Waals surface area contributed by atoms with Crippen LogP contribution in [0, 0.1) is 11.7 Å². The third kappa shape index (κ3) is 5.04. The highest BCUT2D eigenvalue weighted by Gasteiger charge is 2.44. The van der Waals surface area contributed by atoms with Gasteiger partial charge in [-0.05, 0) is 54.7 Å². The Kier molecular flexibility index (Phi) is 7.84. The number of halogens is 1. The molecule has 2 aromatic carbocycles. The molecule has 0 fully saturated rings. The van der Waals surface area contributed by atoms with Crippen molar-refractivity contribution in [2.24, 2.45) is 10.9 Å². The van der Waals surface area contributed by atoms with Crippen LogP contribution in [0.3, 0.4) is 0 Å². The highest BCUT2D eigenvalue weighted by molar-refractivity contribution is 6.09. The van der Waals surface area contributed by atoms with Crippen LogP contribution in [0.25, 0.3) is 0 Å². The minimum absolute atomic E-state index is 0.0868. The third-order valence-electron chi connectivity index (χ3n) is 6.78. The van der Waals surface area contributed by atoms with Crippen molar-refractivity contribution in [2.75, 3.05) is 34.5 Å². The van der Waals surface area contributed by atoms with Crippen LogP contribution in [0.15, 0.2) is 58.7 Å². The fourth-order valence-corrected chi connectivity index (χ4v) is 5.05. The fraction of sp³-hybridized carbons (Fsp3) is 0.393. The number of benzene rings is 2. The van der Waals surface area contributed by atoms with Crippen molar-refractivity contribution < 1.29 is 32.9 Å². The summed E-state index contributed by atoms with van der Waals surface area (Å²) < 4.78 is 34.9. The lowest BCUT2D eigenvalue weighted by atomic mass is 9.69. The standard InChI is InChI=1S/C28H30FNO6/c1-16-25(28(32)36-12-11-33-2)26(17-5-8-20(29)9-6-17)27-21(30-16)13-19(14-22(27)31)18-7-10-23(34-3)24(15-18)35-4/h5-10,15,19,25-26H,11-14H2,1-4H3/t19-,25?,26-/m1/s1. The average Bonchev–Trinajstić information content (AvgIpc) is 2.87. The second kappa shape index (κ2) is 11.0. The van der Waals surface area contributed by atoms with Gasteiger partial charge in [0.25, 0.3) is 0 Å². The lowest BCUT2D eigenvalue weighted by Crippen LogP contribution is -2.38. The number of carbonyl (C=O) groups is 2. The number of carbonyl (C=O) groups excluding carboxylic acids is 2. The molecule has 0 spiro atoms. The van der Waals surface area contributed by atoms with Crippen LogP contribution in [-0.4, -0.2) is 52.0 Å². The van der Waals surface area contributed by atoms with Gasteiger partial charge in [-0.25, -0.2) is 4.39 Å². The molecule has 2 aromatic rings. The summed E-state index contributed by atoms with van der Waals surface area (Å²) in [6.07, 6.45) is 0.781. The lowest BCUT2D eigenvalue weighted by Gasteiger charge is -2.36. The first kappa shape index (κ1) is 25.6. The summed E-state index contributed by atoms with van der Waals surface area (Å²) in [5, 5.41) is 0. The number of ether oxygens (including phenoxy) is 4. The highest BCUT2D eigenvalue weighted by Crippen LogP contribution is 2.47. The van der Waals surface area contributed by atoms with E-state index in [1.807, 2.05) is 18.2 Å². The predicted octanol–water partition coefficient (Wildman–Crippen LogP) is 4.61. The zero-order valence-corrected chi connectivity index (χ0v) is 20.9. The number of Topliss-reactive ketones (excluding diaryl/α,β-unsaturated/α-hetero) is 1. The molecule has 3 atom stereocenters. The van der Waals surface area contributed by atoms with E-state index in [-0.39, 0.29) is 31.3 Å². The van der Waals surface area contributed by atoms with Gasteiger partial charge in [-0.1, -0.05) is 18.2 Å². The number of rotatable bonds is 8. The number of methoxy groups -OCH3 is 3. The molecule has 0 saturated heterocycles. The van der Waals surface area contributed by atoms with Crippen LogP contribution in [-0.2, 0) is 19.1 Å². The number of aliphatic imine (C=N–C) groups is 1. The van der Waals surface area contributed by atoms with Crippen LogP contribution < -0.4 is 9.47 Å². The maximum absolute atomic E-state index is 13.7. The van der Waals surface area contributed by atoms with Crippen molar-refractivity contribution >= 4 is 17.5 Å². The molecule has 1 heterocycles. The molecule has 0 N–H and O–H groups in total. The SMILES string of the molecule is COCCOC(=O)C1C(C)=NC2=C(C(=O)C[C@H](c3ccc(OC)c(OC)c3)C2)[C@@H]1c1ccc(F)cc1. The van der Waals surface area contributed by atoms with Crippen LogP contribution in [0.2, 0.25) is 0 Å². The molecule has 4 rings (SSSR count). The zero-order valence-electron chi connectivity index (χ0n) is 20.9. The molecular weight excluding hydrogens is 465 g/mol. The van der Waals surface area contributed by atoms with Crippen molar-refractivity contribution in [3.63, 3.8) is 0 Å². The van der Waals surface area contributed by atoms with Gasteiger partial charge in [-0.2, -0.15) is 0 Å². The maximum atomic E-state index is 13.7. The summed E-state index contributed by atoms with van der Waals surface area (Å²) >= 11 is 0. The highest BCUT2D eigenvalue weighted by atomic mass is 19.1. The van der Waals surface area contributed by atoms with E-state index in [2.05, 4.69) is 0 Å². The number of hydrogen-bond acceptors (Lipinski definition) is 7. The number of ketones is 1. The number of esters is 1. The Hall–Kier alpha value is -3.52. The van der Waals surface area contributed by atoms with E-state index in [1.165, 1.54) is 19.2 Å². The molecule has 0 radical (unpaired) electrons. The third-order valence-corrected chi connectivity index (χ3v) is 6.78. The van der Waals surface area contributed by atoms with E-state index < -0.39 is 23.6 Å². The summed E-state index contributed by atoms with van der Waals surface area (Å²) in [6.45, 7) is 2.12. The molecule has 1 aliphatic carbocycles. The quantitative estimate of drug-likeness (QED) is 0.393. The first-order valence-electron chi connectivity index (χ1n) is 11.8. The first-order valence-corrected chi connectivity index (χ1v) is 11.8. The summed E-state index contributed by atoms with van der Waals surface area (Å²) in [7, 11) is 4.67. The Morgan fingerprint density at radius 2 is 1.67 bits per heavy atom. The lowest BCUT2D eigenvalue weighted by molar-refractivity contribution is -0.147. The number of hydrogen-bond donors (Lipinski definition) is 0. The van der Waals surface area contributed by atoms with E-state index in [9.17, 15) is 14.0 Å². The van der Waals surface area contributed by atoms with E-state index in [0.717, 1.165) is 5.56 Å². The van der Waals surface area contributed by atoms with Gasteiger partial charge in [0.15, 0.2) is 17.3 Å². The van der Waals surface area contributed by atoms with Gasteiger partial charge in [0, 0.05) is 36.4 Å². The molecule has 2 aliphatic rings. The van der Waals surface area contributed by atoms with Gasteiger partial charge in [0.1, 0.15) is 18.3 Å². The zero-order chi connectivity index (χ0) is 25.8. The topological polar surface area (TPSA) is 83.4 Å². The van der Waals surface area contributed by atoms with E-state index in [1.54, 1.807) is 33.3 Å². The van der Waals surface area contributed by atoms with Crippen molar-refractivity contribution in [2.45, 2.75) is 31.6 Å². The average molecular weight is 496 g/mol. The predicted molar refractivity (Wildman–Crippen MR) is 132 cm³/mol. The van der Waals surface area contributed by atoms with Gasteiger partial charge in [-0.3, -0.25) is 14.6 Å². The number of nitrogens with zero attached hydrogens (tertiary/aromatic N) is 1. The van der Waals surface area contributed by atoms with Crippen molar-refractivity contribution in [3.8, 4) is 11.5 Å². The van der Waals surface area contributed by atoms with Crippen LogP contribution in [0.4, 0.5) is 4.39 Å². The minimum Gasteiger partial charge on any atom is -0.493 e. The molecule has 8 heteroatoms. The fourth-order valence-electron chi connectivity index (χ4n) is 5.05. The molecule has 7 nitrogen and oxygen atoms in total. The van der Waals surface area contributed by atoms with E-state index in [4.69, 9.17) is 23.9 Å². The first-order chi connectivity index (χ1) is 17.4. The van der Waals surface area contributed by atoms with Crippen LogP contribution in [0.1, 0.15) is 42.7 Å². The van der Waals surface area contributed by atoms with Crippen LogP contribution >= 0.6 is 0 Å². The Bertz CT molecular complexity index is 1200. The summed E-state index contributed by atoms with van der Waals surface area (Å²) in [6, 6.07) is 11.5. The molecule has 0 amide bonds. The molecule has 1 unspecified atom stereocenters.